The van der Waals surface area contributed by atoms with Gasteiger partial charge in [-0.1, -0.05) is 64.9 Å². The van der Waals surface area contributed by atoms with Crippen LogP contribution in [-0.2, 0) is 9.36 Å². The van der Waals surface area contributed by atoms with Gasteiger partial charge in [-0.15, -0.1) is 0 Å². The van der Waals surface area contributed by atoms with Gasteiger partial charge in [0.2, 0.25) is 5.91 Å². The van der Waals surface area contributed by atoms with Gasteiger partial charge in [-0.2, -0.15) is 0 Å². The van der Waals surface area contributed by atoms with Crippen LogP contribution in [0.1, 0.15) is 32.6 Å². The molecule has 96 valence electrons. The lowest BCUT2D eigenvalue weighted by molar-refractivity contribution is -0.118. The molecule has 1 unspecified atom stereocenters. The van der Waals surface area contributed by atoms with Gasteiger partial charge >= 0.3 is 0 Å². The molecule has 7 heteroatoms. The van der Waals surface area contributed by atoms with E-state index in [0.29, 0.717) is 0 Å². The lowest BCUT2D eigenvalue weighted by Gasteiger charge is -2.16. The highest BCUT2D eigenvalue weighted by Gasteiger charge is 2.25. The summed E-state index contributed by atoms with van der Waals surface area (Å²) in [6.45, 7) is 2.12. The van der Waals surface area contributed by atoms with Crippen LogP contribution in [0.2, 0.25) is 0 Å². The van der Waals surface area contributed by atoms with Crippen molar-refractivity contribution in [3.63, 3.8) is 0 Å². The van der Waals surface area contributed by atoms with Crippen LogP contribution >= 0.6 is 44.4 Å². The first kappa shape index (κ1) is 16.9. The lowest BCUT2D eigenvalue weighted by Crippen LogP contribution is -2.27. The Labute approximate surface area is 114 Å². The van der Waals surface area contributed by atoms with E-state index >= 15 is 0 Å². The Morgan fingerprint density at radius 1 is 1.38 bits per heavy atom. The van der Waals surface area contributed by atoms with E-state index in [-0.39, 0.29) is 10.7 Å². The molecule has 0 bridgehead atoms. The van der Waals surface area contributed by atoms with E-state index in [1.807, 2.05) is 0 Å². The summed E-state index contributed by atoms with van der Waals surface area (Å²) in [6.07, 6.45) is 7.56. The number of hydrogen-bond acceptors (Lipinski definition) is 4. The Bertz CT molecular complexity index is 258. The molecular weight excluding hydrogens is 329 g/mol. The molecule has 0 aliphatic rings. The van der Waals surface area contributed by atoms with E-state index in [4.69, 9.17) is 0 Å². The Hall–Kier alpha value is 0.880. The van der Waals surface area contributed by atoms with Crippen LogP contribution in [0.4, 0.5) is 0 Å². The van der Waals surface area contributed by atoms with Crippen molar-refractivity contribution in [1.82, 2.24) is 5.09 Å². The number of unbranched alkanes of at least 4 members (excludes halogenated alkanes) is 2. The second-order valence-corrected chi connectivity index (χ2v) is 12.3. The number of hydrogen-bond donors (Lipinski definition) is 1. The molecule has 0 aliphatic carbocycles. The van der Waals surface area contributed by atoms with Crippen molar-refractivity contribution in [2.45, 2.75) is 37.4 Å². The molecular formula is C9H19BrNO2PS2. The third kappa shape index (κ3) is 6.58. The first-order valence-electron chi connectivity index (χ1n) is 5.16. The lowest BCUT2D eigenvalue weighted by atomic mass is 10.1. The average Bonchev–Trinajstić information content (AvgIpc) is 2.29. The fraction of sp³-hybridized carbons (Fsp3) is 0.889. The zero-order valence-corrected chi connectivity index (χ0v) is 14.0. The minimum Gasteiger partial charge on any atom is -0.290 e. The Morgan fingerprint density at radius 3 is 2.38 bits per heavy atom. The molecule has 3 nitrogen and oxygen atoms in total. The molecule has 0 saturated heterocycles. The first-order chi connectivity index (χ1) is 7.49. The van der Waals surface area contributed by atoms with E-state index < -0.39 is 5.70 Å². The van der Waals surface area contributed by atoms with Crippen LogP contribution in [0.3, 0.4) is 0 Å². The van der Waals surface area contributed by atoms with Crippen molar-refractivity contribution in [2.75, 3.05) is 12.5 Å². The van der Waals surface area contributed by atoms with Gasteiger partial charge in [-0.05, 0) is 18.9 Å². The van der Waals surface area contributed by atoms with Gasteiger partial charge in [0, 0.05) is 0 Å². The molecule has 0 aromatic heterocycles. The van der Waals surface area contributed by atoms with Crippen molar-refractivity contribution in [2.24, 2.45) is 0 Å². The van der Waals surface area contributed by atoms with Crippen molar-refractivity contribution >= 4 is 50.3 Å². The standard InChI is InChI=1S/C9H19BrNO2PS2/c1-4-5-6-7-8(10)9(12)11-14(13,15-2)16-3/h8H,4-7H2,1-3H3,(H,11,12,13). The summed E-state index contributed by atoms with van der Waals surface area (Å²) in [5.74, 6) is -0.164. The fourth-order valence-corrected chi connectivity index (χ4v) is 5.32. The highest BCUT2D eigenvalue weighted by molar-refractivity contribution is 9.10. The largest absolute Gasteiger partial charge is 0.290 e. The van der Waals surface area contributed by atoms with Crippen molar-refractivity contribution in [3.8, 4) is 0 Å². The highest BCUT2D eigenvalue weighted by atomic mass is 79.9. The second kappa shape index (κ2) is 8.90. The van der Waals surface area contributed by atoms with Crippen LogP contribution in [0.25, 0.3) is 0 Å². The number of halogens is 1. The topological polar surface area (TPSA) is 46.2 Å². The van der Waals surface area contributed by atoms with Gasteiger partial charge in [-0.25, -0.2) is 0 Å². The predicted molar refractivity (Wildman–Crippen MR) is 79.6 cm³/mol. The van der Waals surface area contributed by atoms with Crippen LogP contribution in [0.15, 0.2) is 0 Å². The number of carbonyl (C=O) groups excluding carboxylic acids is 1. The SMILES string of the molecule is CCCCCC(Br)C(=O)NP(=O)(SC)SC. The molecule has 0 spiro atoms. The molecule has 0 aromatic carbocycles. The number of nitrogens with one attached hydrogen (secondary N) is 1. The summed E-state index contributed by atoms with van der Waals surface area (Å²) in [7, 11) is 0. The molecule has 0 aromatic rings. The van der Waals surface area contributed by atoms with Crippen molar-refractivity contribution in [1.29, 1.82) is 0 Å². The summed E-state index contributed by atoms with van der Waals surface area (Å²) in [5, 5.41) is 2.62. The maximum atomic E-state index is 12.0. The van der Waals surface area contributed by atoms with E-state index in [0.717, 1.165) is 25.7 Å². The van der Waals surface area contributed by atoms with Crippen molar-refractivity contribution < 1.29 is 9.36 Å². The maximum absolute atomic E-state index is 12.0. The number of rotatable bonds is 8. The van der Waals surface area contributed by atoms with Crippen LogP contribution < -0.4 is 5.09 Å². The van der Waals surface area contributed by atoms with Crippen LogP contribution in [-0.4, -0.2) is 23.2 Å². The third-order valence-corrected chi connectivity index (χ3v) is 10.5. The fourth-order valence-electron chi connectivity index (χ4n) is 1.08. The number of carbonyl (C=O) groups is 1. The Balaban J connectivity index is 4.09. The summed E-state index contributed by atoms with van der Waals surface area (Å²) in [5.41, 5.74) is -2.63. The third-order valence-electron chi connectivity index (χ3n) is 2.07. The quantitative estimate of drug-likeness (QED) is 0.404. The Kier molecular flexibility index (Phi) is 9.39. The normalized spacial score (nSPS) is 13.5. The van der Waals surface area contributed by atoms with Crippen molar-refractivity contribution in [3.05, 3.63) is 0 Å². The first-order valence-corrected chi connectivity index (χ1v) is 11.4. The zero-order valence-electron chi connectivity index (χ0n) is 9.86. The molecule has 16 heavy (non-hydrogen) atoms. The summed E-state index contributed by atoms with van der Waals surface area (Å²) < 4.78 is 12.0. The van der Waals surface area contributed by atoms with Crippen LogP contribution in [0, 0.1) is 0 Å². The summed E-state index contributed by atoms with van der Waals surface area (Å²) >= 11 is 5.76. The molecule has 0 heterocycles. The second-order valence-electron chi connectivity index (χ2n) is 3.30. The molecule has 0 radical (unpaired) electrons. The van der Waals surface area contributed by atoms with Gasteiger partial charge in [0.25, 0.3) is 5.70 Å². The van der Waals surface area contributed by atoms with E-state index in [1.165, 1.54) is 22.8 Å². The summed E-state index contributed by atoms with van der Waals surface area (Å²) in [6, 6.07) is 0. The molecule has 0 fully saturated rings. The monoisotopic (exact) mass is 347 g/mol. The number of amides is 1. The van der Waals surface area contributed by atoms with Gasteiger partial charge in [0.05, 0.1) is 4.83 Å². The van der Waals surface area contributed by atoms with Gasteiger partial charge < -0.3 is 0 Å². The molecule has 1 atom stereocenters. The predicted octanol–water partition coefficient (Wildman–Crippen LogP) is 4.28. The van der Waals surface area contributed by atoms with Gasteiger partial charge in [0.15, 0.2) is 0 Å². The molecule has 1 amide bonds. The smallest absolute Gasteiger partial charge is 0.279 e. The Morgan fingerprint density at radius 2 is 1.94 bits per heavy atom. The van der Waals surface area contributed by atoms with E-state index in [2.05, 4.69) is 27.9 Å². The zero-order chi connectivity index (χ0) is 12.6. The summed E-state index contributed by atoms with van der Waals surface area (Å²) in [4.78, 5) is 11.5. The van der Waals surface area contributed by atoms with E-state index in [9.17, 15) is 9.36 Å². The average molecular weight is 348 g/mol. The number of alkyl halides is 1. The van der Waals surface area contributed by atoms with Gasteiger partial charge in [0.1, 0.15) is 0 Å². The minimum absolute atomic E-state index is 0.164. The van der Waals surface area contributed by atoms with Gasteiger partial charge in [-0.3, -0.25) is 14.4 Å². The highest BCUT2D eigenvalue weighted by Crippen LogP contribution is 2.63. The maximum Gasteiger partial charge on any atom is 0.279 e. The molecule has 0 aliphatic heterocycles. The van der Waals surface area contributed by atoms with Crippen LogP contribution in [0.5, 0.6) is 0 Å². The van der Waals surface area contributed by atoms with E-state index in [1.54, 1.807) is 12.5 Å². The minimum atomic E-state index is -2.63. The molecule has 0 saturated carbocycles. The molecule has 1 N–H and O–H groups in total. The molecule has 0 rings (SSSR count).